The maximum Gasteiger partial charge on any atom is 0.242 e. The summed E-state index contributed by atoms with van der Waals surface area (Å²) in [5.74, 6) is 1.40. The Hall–Kier alpha value is -3.06. The fourth-order valence-electron chi connectivity index (χ4n) is 3.42. The van der Waals surface area contributed by atoms with Crippen molar-refractivity contribution in [2.24, 2.45) is 10.2 Å². The van der Waals surface area contributed by atoms with E-state index in [2.05, 4.69) is 48.8 Å². The zero-order chi connectivity index (χ0) is 23.6. The van der Waals surface area contributed by atoms with Crippen molar-refractivity contribution in [1.82, 2.24) is 4.90 Å². The third kappa shape index (κ3) is 6.71. The van der Waals surface area contributed by atoms with Crippen molar-refractivity contribution in [3.63, 3.8) is 0 Å². The van der Waals surface area contributed by atoms with Crippen molar-refractivity contribution < 1.29 is 14.3 Å². The summed E-state index contributed by atoms with van der Waals surface area (Å²) in [6.07, 6.45) is 6.07. The molecule has 1 saturated heterocycles. The SMILES string of the molecule is C=CCN1C(=O)C(Cc2cccc(C)c2)SC1=NN=Cc1ccc(OCCCC)c(OC)c1. The molecule has 2 aromatic rings. The van der Waals surface area contributed by atoms with Crippen LogP contribution in [0, 0.1) is 6.92 Å². The number of amidine groups is 1. The van der Waals surface area contributed by atoms with E-state index in [0.717, 1.165) is 24.0 Å². The fourth-order valence-corrected chi connectivity index (χ4v) is 4.57. The van der Waals surface area contributed by atoms with Gasteiger partial charge in [0.2, 0.25) is 5.91 Å². The van der Waals surface area contributed by atoms with Crippen LogP contribution >= 0.6 is 11.8 Å². The molecule has 33 heavy (non-hydrogen) atoms. The molecular formula is C26H31N3O3S. The van der Waals surface area contributed by atoms with Gasteiger partial charge in [-0.2, -0.15) is 5.10 Å². The first-order valence-electron chi connectivity index (χ1n) is 11.1. The van der Waals surface area contributed by atoms with Gasteiger partial charge >= 0.3 is 0 Å². The Bertz CT molecular complexity index is 1040. The second-order valence-electron chi connectivity index (χ2n) is 7.78. The van der Waals surface area contributed by atoms with Crippen molar-refractivity contribution in [2.75, 3.05) is 20.3 Å². The number of amides is 1. The average Bonchev–Trinajstić information content (AvgIpc) is 3.09. The second-order valence-corrected chi connectivity index (χ2v) is 8.95. The first-order chi connectivity index (χ1) is 16.0. The highest BCUT2D eigenvalue weighted by molar-refractivity contribution is 8.15. The number of hydrogen-bond donors (Lipinski definition) is 0. The van der Waals surface area contributed by atoms with E-state index >= 15 is 0 Å². The van der Waals surface area contributed by atoms with Gasteiger partial charge in [-0.1, -0.05) is 61.0 Å². The molecule has 0 aromatic heterocycles. The molecule has 0 bridgehead atoms. The maximum absolute atomic E-state index is 13.0. The number of nitrogens with zero attached hydrogens (tertiary/aromatic N) is 3. The van der Waals surface area contributed by atoms with Crippen molar-refractivity contribution in [1.29, 1.82) is 0 Å². The molecule has 3 rings (SSSR count). The quantitative estimate of drug-likeness (QED) is 0.197. The minimum absolute atomic E-state index is 0.0330. The Morgan fingerprint density at radius 1 is 1.21 bits per heavy atom. The molecule has 174 valence electrons. The lowest BCUT2D eigenvalue weighted by Gasteiger charge is -2.13. The van der Waals surface area contributed by atoms with Crippen LogP contribution in [0.4, 0.5) is 0 Å². The van der Waals surface area contributed by atoms with Gasteiger partial charge in [0.1, 0.15) is 0 Å². The van der Waals surface area contributed by atoms with Crippen molar-refractivity contribution in [2.45, 2.75) is 38.4 Å². The van der Waals surface area contributed by atoms with Gasteiger partial charge in [0.05, 0.1) is 25.2 Å². The highest BCUT2D eigenvalue weighted by Crippen LogP contribution is 2.30. The highest BCUT2D eigenvalue weighted by atomic mass is 32.2. The molecule has 0 N–H and O–H groups in total. The van der Waals surface area contributed by atoms with Gasteiger partial charge in [-0.25, -0.2) is 0 Å². The number of ether oxygens (including phenoxy) is 2. The van der Waals surface area contributed by atoms with Gasteiger partial charge in [-0.05, 0) is 49.1 Å². The molecule has 0 spiro atoms. The summed E-state index contributed by atoms with van der Waals surface area (Å²) in [6.45, 7) is 9.01. The fraction of sp³-hybridized carbons (Fsp3) is 0.346. The molecule has 7 heteroatoms. The molecule has 1 amide bonds. The number of rotatable bonds is 11. The number of aryl methyl sites for hydroxylation is 1. The summed E-state index contributed by atoms with van der Waals surface area (Å²) in [7, 11) is 1.62. The van der Waals surface area contributed by atoms with Crippen molar-refractivity contribution in [3.05, 3.63) is 71.8 Å². The lowest BCUT2D eigenvalue weighted by atomic mass is 10.1. The zero-order valence-corrected chi connectivity index (χ0v) is 20.3. The van der Waals surface area contributed by atoms with E-state index in [1.165, 1.54) is 17.3 Å². The Labute approximate surface area is 200 Å². The van der Waals surface area contributed by atoms with Crippen LogP contribution in [0.25, 0.3) is 0 Å². The van der Waals surface area contributed by atoms with Crippen LogP contribution in [0.2, 0.25) is 0 Å². The first kappa shape index (κ1) is 24.6. The molecule has 1 aliphatic heterocycles. The smallest absolute Gasteiger partial charge is 0.242 e. The number of hydrogen-bond acceptors (Lipinski definition) is 6. The van der Waals surface area contributed by atoms with Crippen LogP contribution < -0.4 is 9.47 Å². The van der Waals surface area contributed by atoms with Crippen LogP contribution in [-0.2, 0) is 11.2 Å². The van der Waals surface area contributed by atoms with Gasteiger partial charge < -0.3 is 9.47 Å². The lowest BCUT2D eigenvalue weighted by molar-refractivity contribution is -0.125. The van der Waals surface area contributed by atoms with E-state index in [4.69, 9.17) is 9.47 Å². The highest BCUT2D eigenvalue weighted by Gasteiger charge is 2.37. The lowest BCUT2D eigenvalue weighted by Crippen LogP contribution is -2.32. The number of carbonyl (C=O) groups is 1. The molecule has 1 fully saturated rings. The largest absolute Gasteiger partial charge is 0.493 e. The van der Waals surface area contributed by atoms with Gasteiger partial charge in [0, 0.05) is 6.54 Å². The van der Waals surface area contributed by atoms with Gasteiger partial charge in [-0.3, -0.25) is 9.69 Å². The normalized spacial score (nSPS) is 17.2. The molecule has 1 unspecified atom stereocenters. The van der Waals surface area contributed by atoms with Gasteiger partial charge in [0.15, 0.2) is 16.7 Å². The predicted octanol–water partition coefficient (Wildman–Crippen LogP) is 5.25. The molecule has 6 nitrogen and oxygen atoms in total. The van der Waals surface area contributed by atoms with E-state index in [1.807, 2.05) is 24.3 Å². The van der Waals surface area contributed by atoms with Crippen LogP contribution in [0.1, 0.15) is 36.5 Å². The van der Waals surface area contributed by atoms with Gasteiger partial charge in [-0.15, -0.1) is 11.7 Å². The topological polar surface area (TPSA) is 63.5 Å². The van der Waals surface area contributed by atoms with Crippen molar-refractivity contribution in [3.8, 4) is 11.5 Å². The van der Waals surface area contributed by atoms with Crippen LogP contribution in [-0.4, -0.2) is 47.7 Å². The Balaban J connectivity index is 1.72. The first-order valence-corrected chi connectivity index (χ1v) is 12.0. The summed E-state index contributed by atoms with van der Waals surface area (Å²) < 4.78 is 11.2. The molecule has 1 atom stereocenters. The standard InChI is InChI=1S/C26H31N3O3S/c1-5-7-14-32-22-12-11-21(16-23(22)31-4)18-27-28-26-29(13-6-2)25(30)24(33-26)17-20-10-8-9-19(3)15-20/h6,8-12,15-16,18,24H,2,5,7,13-14,17H2,1,3-4H3. The molecule has 0 aliphatic carbocycles. The monoisotopic (exact) mass is 465 g/mol. The van der Waals surface area contributed by atoms with E-state index < -0.39 is 0 Å². The average molecular weight is 466 g/mol. The zero-order valence-electron chi connectivity index (χ0n) is 19.5. The van der Waals surface area contributed by atoms with E-state index in [1.54, 1.807) is 24.3 Å². The molecular weight excluding hydrogens is 434 g/mol. The minimum Gasteiger partial charge on any atom is -0.493 e. The van der Waals surface area contributed by atoms with Crippen LogP contribution in [0.5, 0.6) is 11.5 Å². The molecule has 0 radical (unpaired) electrons. The van der Waals surface area contributed by atoms with Crippen molar-refractivity contribution >= 4 is 29.1 Å². The predicted molar refractivity (Wildman–Crippen MR) is 137 cm³/mol. The maximum atomic E-state index is 13.0. The number of thioether (sulfide) groups is 1. The number of methoxy groups -OCH3 is 1. The van der Waals surface area contributed by atoms with E-state index in [9.17, 15) is 4.79 Å². The molecule has 2 aromatic carbocycles. The Kier molecular flexibility index (Phi) is 9.13. The Morgan fingerprint density at radius 2 is 2.06 bits per heavy atom. The van der Waals surface area contributed by atoms with Crippen LogP contribution in [0.15, 0.2) is 65.3 Å². The van der Waals surface area contributed by atoms with E-state index in [0.29, 0.717) is 36.2 Å². The molecule has 1 aliphatic rings. The summed E-state index contributed by atoms with van der Waals surface area (Å²) in [4.78, 5) is 14.6. The third-order valence-corrected chi connectivity index (χ3v) is 6.29. The number of benzene rings is 2. The van der Waals surface area contributed by atoms with E-state index in [-0.39, 0.29) is 11.2 Å². The third-order valence-electron chi connectivity index (χ3n) is 5.13. The summed E-state index contributed by atoms with van der Waals surface area (Å²) in [5.41, 5.74) is 3.15. The second kappa shape index (κ2) is 12.3. The molecule has 0 saturated carbocycles. The Morgan fingerprint density at radius 3 is 2.79 bits per heavy atom. The van der Waals surface area contributed by atoms with Crippen LogP contribution in [0.3, 0.4) is 0 Å². The van der Waals surface area contributed by atoms with Gasteiger partial charge in [0.25, 0.3) is 0 Å². The number of unbranched alkanes of at least 4 members (excludes halogenated alkanes) is 1. The minimum atomic E-state index is -0.222. The summed E-state index contributed by atoms with van der Waals surface area (Å²) >= 11 is 1.44. The summed E-state index contributed by atoms with van der Waals surface area (Å²) in [6, 6.07) is 13.9. The number of carbonyl (C=O) groups excluding carboxylic acids is 1. The molecule has 1 heterocycles. The summed E-state index contributed by atoms with van der Waals surface area (Å²) in [5, 5.41) is 8.96.